The third-order valence-corrected chi connectivity index (χ3v) is 9.00. The Hall–Kier alpha value is -5.01. The molecule has 5 aromatic rings. The molecule has 0 bridgehead atoms. The van der Waals surface area contributed by atoms with Gasteiger partial charge in [-0.2, -0.15) is 5.26 Å². The van der Waals surface area contributed by atoms with E-state index >= 15 is 8.78 Å². The number of fused-ring (bicyclic) bond motifs is 2. The number of aromatic nitrogens is 2. The van der Waals surface area contributed by atoms with Gasteiger partial charge >= 0.3 is 5.97 Å². The molecule has 1 aliphatic heterocycles. The van der Waals surface area contributed by atoms with Gasteiger partial charge in [0.1, 0.15) is 23.3 Å². The molecule has 1 atom stereocenters. The standard InChI is InChI=1S/C35H25ClF3N3O4/c1-34(24-7-6-21(36)16-27(24)39)45-30-4-2-3-22(32(30)46-34)20-13-25(37)23(26(38)14-20)17-31-41-28-8-5-19(33(43)44)15-29(28)42(31)18-35(9-10-35)11-12-40/h2-8,13-16H,9-11,17-18H2,1H3,(H,43,44). The number of ether oxygens (including phenoxy) is 2. The number of halogens is 4. The number of hydrogen-bond acceptors (Lipinski definition) is 5. The Morgan fingerprint density at radius 3 is 2.48 bits per heavy atom. The number of nitrogens with zero attached hydrogens (tertiary/aromatic N) is 3. The van der Waals surface area contributed by atoms with Crippen LogP contribution in [0.5, 0.6) is 11.5 Å². The normalized spacial score (nSPS) is 17.7. The minimum absolute atomic E-state index is 0.0588. The van der Waals surface area contributed by atoms with Crippen molar-refractivity contribution in [2.24, 2.45) is 5.41 Å². The van der Waals surface area contributed by atoms with Gasteiger partial charge in [0, 0.05) is 47.9 Å². The van der Waals surface area contributed by atoms with Crippen LogP contribution < -0.4 is 9.47 Å². The number of benzene rings is 4. The van der Waals surface area contributed by atoms with Crippen molar-refractivity contribution < 1.29 is 32.5 Å². The van der Waals surface area contributed by atoms with E-state index in [4.69, 9.17) is 21.1 Å². The molecule has 1 unspecified atom stereocenters. The molecule has 0 saturated heterocycles. The van der Waals surface area contributed by atoms with Crippen LogP contribution in [0.2, 0.25) is 5.02 Å². The smallest absolute Gasteiger partial charge is 0.335 e. The summed E-state index contributed by atoms with van der Waals surface area (Å²) >= 11 is 5.92. The maximum atomic E-state index is 15.8. The molecule has 11 heteroatoms. The molecule has 4 aromatic carbocycles. The molecule has 232 valence electrons. The van der Waals surface area contributed by atoms with Crippen LogP contribution in [0.3, 0.4) is 0 Å². The van der Waals surface area contributed by atoms with Crippen molar-refractivity contribution in [1.82, 2.24) is 9.55 Å². The lowest BCUT2D eigenvalue weighted by atomic mass is 10.00. The zero-order valence-electron chi connectivity index (χ0n) is 24.4. The fourth-order valence-corrected chi connectivity index (χ4v) is 6.25. The van der Waals surface area contributed by atoms with E-state index in [0.717, 1.165) is 18.9 Å². The zero-order valence-corrected chi connectivity index (χ0v) is 25.2. The molecule has 0 radical (unpaired) electrons. The van der Waals surface area contributed by atoms with Crippen molar-refractivity contribution in [3.63, 3.8) is 0 Å². The highest BCUT2D eigenvalue weighted by Gasteiger charge is 2.44. The SMILES string of the molecule is CC1(c2ccc(Cl)cc2F)Oc2cccc(-c3cc(F)c(Cc4nc5ccc(C(=O)O)cc5n4CC4(CC#N)CC4)c(F)c3)c2O1. The Morgan fingerprint density at radius 2 is 1.80 bits per heavy atom. The van der Waals surface area contributed by atoms with Crippen LogP contribution >= 0.6 is 11.6 Å². The van der Waals surface area contributed by atoms with E-state index in [1.165, 1.54) is 36.4 Å². The molecule has 1 N–H and O–H groups in total. The Kier molecular flexibility index (Phi) is 6.98. The molecule has 1 aromatic heterocycles. The maximum Gasteiger partial charge on any atom is 0.335 e. The lowest BCUT2D eigenvalue weighted by molar-refractivity contribution is -0.0705. The molecule has 1 aliphatic carbocycles. The average Bonchev–Trinajstić information content (AvgIpc) is 3.54. The predicted octanol–water partition coefficient (Wildman–Crippen LogP) is 8.40. The summed E-state index contributed by atoms with van der Waals surface area (Å²) in [4.78, 5) is 16.3. The molecule has 2 heterocycles. The third kappa shape index (κ3) is 5.11. The van der Waals surface area contributed by atoms with Crippen molar-refractivity contribution in [2.45, 2.75) is 44.9 Å². The highest BCUT2D eigenvalue weighted by Crippen LogP contribution is 2.51. The van der Waals surface area contributed by atoms with Gasteiger partial charge in [-0.15, -0.1) is 0 Å². The van der Waals surface area contributed by atoms with Crippen LogP contribution in [0.4, 0.5) is 13.2 Å². The average molecular weight is 644 g/mol. The first-order chi connectivity index (χ1) is 22.0. The zero-order chi connectivity index (χ0) is 32.4. The van der Waals surface area contributed by atoms with Crippen molar-refractivity contribution >= 4 is 28.6 Å². The van der Waals surface area contributed by atoms with E-state index in [2.05, 4.69) is 11.1 Å². The molecule has 1 fully saturated rings. The molecule has 7 nitrogen and oxygen atoms in total. The first-order valence-electron chi connectivity index (χ1n) is 14.5. The first-order valence-corrected chi connectivity index (χ1v) is 14.9. The van der Waals surface area contributed by atoms with Gasteiger partial charge in [0.05, 0.1) is 28.2 Å². The van der Waals surface area contributed by atoms with Gasteiger partial charge in [0.15, 0.2) is 11.5 Å². The Morgan fingerprint density at radius 1 is 1.04 bits per heavy atom. The lowest BCUT2D eigenvalue weighted by Gasteiger charge is -2.24. The number of aromatic carboxylic acids is 1. The molecule has 7 rings (SSSR count). The Balaban J connectivity index is 1.24. The largest absolute Gasteiger partial charge is 0.478 e. The predicted molar refractivity (Wildman–Crippen MR) is 163 cm³/mol. The Labute approximate surface area is 266 Å². The van der Waals surface area contributed by atoms with Gasteiger partial charge < -0.3 is 19.1 Å². The van der Waals surface area contributed by atoms with Gasteiger partial charge in [-0.1, -0.05) is 23.7 Å². The molecule has 0 spiro atoms. The lowest BCUT2D eigenvalue weighted by Crippen LogP contribution is -2.32. The number of carboxylic acids is 1. The van der Waals surface area contributed by atoms with Crippen LogP contribution in [-0.4, -0.2) is 20.6 Å². The van der Waals surface area contributed by atoms with Gasteiger partial charge in [0.25, 0.3) is 5.79 Å². The van der Waals surface area contributed by atoms with Crippen LogP contribution in [0.15, 0.2) is 66.7 Å². The fraction of sp³-hybridized carbons (Fsp3) is 0.229. The summed E-state index contributed by atoms with van der Waals surface area (Å²) in [5, 5.41) is 19.1. The van der Waals surface area contributed by atoms with Crippen molar-refractivity contribution in [2.75, 3.05) is 0 Å². The summed E-state index contributed by atoms with van der Waals surface area (Å²) in [5.41, 5.74) is 1.19. The minimum Gasteiger partial charge on any atom is -0.478 e. The molecular formula is C35H25ClF3N3O4. The minimum atomic E-state index is -1.55. The van der Waals surface area contributed by atoms with Gasteiger partial charge in [0.2, 0.25) is 0 Å². The summed E-state index contributed by atoms with van der Waals surface area (Å²) in [6, 6.07) is 18.1. The number of carboxylic acid groups (broad SMARTS) is 1. The van der Waals surface area contributed by atoms with Crippen LogP contribution in [0.1, 0.15) is 53.5 Å². The first kappa shape index (κ1) is 29.7. The van der Waals surface area contributed by atoms with Crippen LogP contribution in [-0.2, 0) is 18.8 Å². The molecule has 0 amide bonds. The number of nitriles is 1. The summed E-state index contributed by atoms with van der Waals surface area (Å²) in [6.45, 7) is 1.92. The van der Waals surface area contributed by atoms with E-state index in [9.17, 15) is 19.6 Å². The van der Waals surface area contributed by atoms with Crippen molar-refractivity contribution in [3.05, 3.63) is 112 Å². The second-order valence-corrected chi connectivity index (χ2v) is 12.4. The summed E-state index contributed by atoms with van der Waals surface area (Å²) in [6.07, 6.45) is 1.72. The van der Waals surface area contributed by atoms with Crippen LogP contribution in [0.25, 0.3) is 22.2 Å². The number of para-hydroxylation sites is 1. The van der Waals surface area contributed by atoms with Gasteiger partial charge in [-0.05, 0) is 73.0 Å². The van der Waals surface area contributed by atoms with Gasteiger partial charge in [-0.25, -0.2) is 22.9 Å². The van der Waals surface area contributed by atoms with E-state index in [-0.39, 0.29) is 50.6 Å². The quantitative estimate of drug-likeness (QED) is 0.182. The van der Waals surface area contributed by atoms with Gasteiger partial charge in [-0.3, -0.25) is 0 Å². The summed E-state index contributed by atoms with van der Waals surface area (Å²) < 4.78 is 60.4. The highest BCUT2D eigenvalue weighted by atomic mass is 35.5. The van der Waals surface area contributed by atoms with Crippen molar-refractivity contribution in [1.29, 1.82) is 5.26 Å². The number of rotatable bonds is 8. The molecule has 1 saturated carbocycles. The van der Waals surface area contributed by atoms with Crippen LogP contribution in [0, 0.1) is 34.2 Å². The van der Waals surface area contributed by atoms with Crippen molar-refractivity contribution in [3.8, 4) is 28.7 Å². The molecular weight excluding hydrogens is 619 g/mol. The number of carbonyl (C=O) groups is 1. The molecule has 46 heavy (non-hydrogen) atoms. The summed E-state index contributed by atoms with van der Waals surface area (Å²) in [7, 11) is 0. The topological polar surface area (TPSA) is 97.4 Å². The van der Waals surface area contributed by atoms with E-state index < -0.39 is 29.2 Å². The highest BCUT2D eigenvalue weighted by molar-refractivity contribution is 6.30. The fourth-order valence-electron chi connectivity index (χ4n) is 6.10. The Bertz CT molecular complexity index is 2100. The van der Waals surface area contributed by atoms with E-state index in [0.29, 0.717) is 35.4 Å². The van der Waals surface area contributed by atoms with E-state index in [1.54, 1.807) is 35.8 Å². The second kappa shape index (κ2) is 10.8. The monoisotopic (exact) mass is 643 g/mol. The third-order valence-electron chi connectivity index (χ3n) is 8.77. The maximum absolute atomic E-state index is 15.8. The molecule has 2 aliphatic rings. The van der Waals surface area contributed by atoms with E-state index in [1.807, 2.05) is 0 Å². The second-order valence-electron chi connectivity index (χ2n) is 12.0. The number of imidazole rings is 1. The summed E-state index contributed by atoms with van der Waals surface area (Å²) in [5.74, 6) is -4.09. The number of hydrogen-bond donors (Lipinski definition) is 1.